The molecule has 2 aromatic carbocycles. The number of hydrogen-bond acceptors (Lipinski definition) is 12. The van der Waals surface area contributed by atoms with Gasteiger partial charge < -0.3 is 55.1 Å². The van der Waals surface area contributed by atoms with Gasteiger partial charge in [-0.25, -0.2) is 0 Å². The van der Waals surface area contributed by atoms with Crippen LogP contribution in [0.5, 0.6) is 23.0 Å². The van der Waals surface area contributed by atoms with Crippen LogP contribution in [0.25, 0.3) is 22.3 Å². The molecule has 33 heavy (non-hydrogen) atoms. The minimum Gasteiger partial charge on any atom is -0.507 e. The highest BCUT2D eigenvalue weighted by Crippen LogP contribution is 2.47. The van der Waals surface area contributed by atoms with E-state index < -0.39 is 76.2 Å². The van der Waals surface area contributed by atoms with Gasteiger partial charge in [0.1, 0.15) is 52.6 Å². The van der Waals surface area contributed by atoms with Crippen LogP contribution in [0.4, 0.5) is 0 Å². The van der Waals surface area contributed by atoms with Gasteiger partial charge in [0.15, 0.2) is 16.9 Å². The number of rotatable bonds is 3. The Kier molecular flexibility index (Phi) is 5.44. The molecule has 12 heteroatoms. The number of aliphatic hydroxyl groups excluding tert-OH is 4. The molecule has 0 saturated carbocycles. The van der Waals surface area contributed by atoms with Gasteiger partial charge in [-0.2, -0.15) is 0 Å². The molecule has 5 atom stereocenters. The zero-order valence-corrected chi connectivity index (χ0v) is 16.7. The maximum atomic E-state index is 12.8. The molecule has 2 heterocycles. The largest absolute Gasteiger partial charge is 0.507 e. The first-order valence-corrected chi connectivity index (χ1v) is 9.60. The van der Waals surface area contributed by atoms with Gasteiger partial charge in [-0.15, -0.1) is 0 Å². The van der Waals surface area contributed by atoms with Crippen molar-refractivity contribution in [2.24, 2.45) is 0 Å². The van der Waals surface area contributed by atoms with E-state index in [0.717, 1.165) is 24.3 Å². The Bertz CT molecular complexity index is 1280. The third-order valence-electron chi connectivity index (χ3n) is 5.56. The van der Waals surface area contributed by atoms with Gasteiger partial charge in [-0.05, 0) is 18.2 Å². The summed E-state index contributed by atoms with van der Waals surface area (Å²) in [5.41, 5.74) is -1.92. The quantitative estimate of drug-likeness (QED) is 0.211. The van der Waals surface area contributed by atoms with Crippen LogP contribution in [0.2, 0.25) is 0 Å². The molecule has 0 amide bonds. The molecule has 176 valence electrons. The van der Waals surface area contributed by atoms with Crippen molar-refractivity contribution in [2.75, 3.05) is 6.61 Å². The predicted octanol–water partition coefficient (Wildman–Crippen LogP) is -1.10. The molecule has 3 aromatic rings. The van der Waals surface area contributed by atoms with Gasteiger partial charge in [-0.1, -0.05) is 0 Å². The number of phenols is 4. The molecule has 1 aliphatic heterocycles. The average molecular weight is 464 g/mol. The summed E-state index contributed by atoms with van der Waals surface area (Å²) in [4.78, 5) is 12.8. The Morgan fingerprint density at radius 3 is 2.24 bits per heavy atom. The van der Waals surface area contributed by atoms with Crippen LogP contribution in [-0.4, -0.2) is 77.0 Å². The van der Waals surface area contributed by atoms with Gasteiger partial charge in [0.25, 0.3) is 0 Å². The summed E-state index contributed by atoms with van der Waals surface area (Å²) >= 11 is 0. The van der Waals surface area contributed by atoms with Crippen molar-refractivity contribution < 1.29 is 55.1 Å². The lowest BCUT2D eigenvalue weighted by molar-refractivity contribution is -0.358. The summed E-state index contributed by atoms with van der Waals surface area (Å²) in [7, 11) is 0. The smallest absolute Gasteiger partial charge is 0.229 e. The highest BCUT2D eigenvalue weighted by atomic mass is 16.7. The molecule has 1 aliphatic rings. The van der Waals surface area contributed by atoms with E-state index in [0.29, 0.717) is 0 Å². The predicted molar refractivity (Wildman–Crippen MR) is 108 cm³/mol. The molecule has 1 saturated heterocycles. The van der Waals surface area contributed by atoms with Gasteiger partial charge >= 0.3 is 0 Å². The zero-order valence-electron chi connectivity index (χ0n) is 16.7. The van der Waals surface area contributed by atoms with E-state index in [1.165, 1.54) is 6.07 Å². The third kappa shape index (κ3) is 3.45. The van der Waals surface area contributed by atoms with E-state index in [2.05, 4.69) is 0 Å². The standard InChI is InChI=1S/C21H20O12/c22-6-14-17(27)19(29)20(30)21(31,33-14)16-11(26)5-13-15(18(16)28)10(25)4-12(32-13)7-1-2-8(23)9(24)3-7/h1-5,14,17,19-20,22-24,26-31H,6H2. The first-order chi connectivity index (χ1) is 15.5. The van der Waals surface area contributed by atoms with E-state index >= 15 is 0 Å². The van der Waals surface area contributed by atoms with Crippen LogP contribution < -0.4 is 5.43 Å². The summed E-state index contributed by atoms with van der Waals surface area (Å²) in [6, 6.07) is 5.39. The first-order valence-electron chi connectivity index (χ1n) is 9.60. The maximum absolute atomic E-state index is 12.8. The molecule has 1 fully saturated rings. The van der Waals surface area contributed by atoms with Crippen molar-refractivity contribution >= 4 is 11.0 Å². The fourth-order valence-electron chi connectivity index (χ4n) is 3.82. The summed E-state index contributed by atoms with van der Waals surface area (Å²) in [5, 5.41) is 90.5. The van der Waals surface area contributed by atoms with E-state index in [9.17, 15) is 50.8 Å². The van der Waals surface area contributed by atoms with Crippen molar-refractivity contribution in [3.63, 3.8) is 0 Å². The van der Waals surface area contributed by atoms with E-state index in [-0.39, 0.29) is 16.9 Å². The number of fused-ring (bicyclic) bond motifs is 1. The summed E-state index contributed by atoms with van der Waals surface area (Å²) in [5.74, 6) is -5.96. The van der Waals surface area contributed by atoms with E-state index in [4.69, 9.17) is 9.15 Å². The zero-order chi connectivity index (χ0) is 24.2. The van der Waals surface area contributed by atoms with Crippen LogP contribution in [0.1, 0.15) is 5.56 Å². The van der Waals surface area contributed by atoms with Crippen molar-refractivity contribution in [1.29, 1.82) is 0 Å². The number of hydrogen-bond donors (Lipinski definition) is 9. The van der Waals surface area contributed by atoms with Gasteiger partial charge in [0.05, 0.1) is 12.2 Å². The molecule has 0 bridgehead atoms. The highest BCUT2D eigenvalue weighted by molar-refractivity contribution is 5.88. The Morgan fingerprint density at radius 2 is 1.61 bits per heavy atom. The number of aromatic hydroxyl groups is 4. The van der Waals surface area contributed by atoms with Gasteiger partial charge in [0, 0.05) is 17.7 Å². The van der Waals surface area contributed by atoms with Gasteiger partial charge in [0.2, 0.25) is 5.79 Å². The number of benzene rings is 2. The minimum absolute atomic E-state index is 0.0964. The Balaban J connectivity index is 1.91. The molecular formula is C21H20O12. The molecule has 0 aliphatic carbocycles. The Hall–Kier alpha value is -3.39. The number of phenolic OH excluding ortho intramolecular Hbond substituents is 4. The average Bonchev–Trinajstić information content (AvgIpc) is 2.76. The second-order valence-corrected chi connectivity index (χ2v) is 7.63. The molecule has 4 rings (SSSR count). The lowest BCUT2D eigenvalue weighted by Crippen LogP contribution is -2.63. The third-order valence-corrected chi connectivity index (χ3v) is 5.56. The molecular weight excluding hydrogens is 444 g/mol. The SMILES string of the molecule is O=c1cc(-c2ccc(O)c(O)c2)oc2cc(O)c(C3(O)OC(CO)C(O)C(O)C3O)c(O)c12. The second-order valence-electron chi connectivity index (χ2n) is 7.63. The lowest BCUT2D eigenvalue weighted by atomic mass is 9.86. The van der Waals surface area contributed by atoms with E-state index in [1.54, 1.807) is 0 Å². The summed E-state index contributed by atoms with van der Waals surface area (Å²) in [6.07, 6.45) is -7.75. The van der Waals surface area contributed by atoms with Crippen molar-refractivity contribution in [2.45, 2.75) is 30.2 Å². The van der Waals surface area contributed by atoms with Crippen LogP contribution in [0.3, 0.4) is 0 Å². The topological polar surface area (TPSA) is 222 Å². The van der Waals surface area contributed by atoms with Crippen LogP contribution in [0, 0.1) is 0 Å². The monoisotopic (exact) mass is 464 g/mol. The van der Waals surface area contributed by atoms with E-state index in [1.807, 2.05) is 0 Å². The fourth-order valence-corrected chi connectivity index (χ4v) is 3.82. The maximum Gasteiger partial charge on any atom is 0.229 e. The van der Waals surface area contributed by atoms with Crippen LogP contribution in [-0.2, 0) is 10.5 Å². The van der Waals surface area contributed by atoms with Crippen molar-refractivity contribution in [3.8, 4) is 34.3 Å². The summed E-state index contributed by atoms with van der Waals surface area (Å²) < 4.78 is 10.7. The number of ether oxygens (including phenoxy) is 1. The fraction of sp³-hybridized carbons (Fsp3) is 0.286. The Labute approximate surface area is 184 Å². The molecule has 9 N–H and O–H groups in total. The lowest BCUT2D eigenvalue weighted by Gasteiger charge is -2.45. The van der Waals surface area contributed by atoms with Crippen molar-refractivity contribution in [1.82, 2.24) is 0 Å². The van der Waals surface area contributed by atoms with Crippen LogP contribution in [0.15, 0.2) is 39.5 Å². The molecule has 1 aromatic heterocycles. The molecule has 5 unspecified atom stereocenters. The van der Waals surface area contributed by atoms with Crippen LogP contribution >= 0.6 is 0 Å². The molecule has 0 spiro atoms. The number of aliphatic hydroxyl groups is 5. The highest BCUT2D eigenvalue weighted by Gasteiger charge is 2.56. The van der Waals surface area contributed by atoms with Gasteiger partial charge in [-0.3, -0.25) is 4.79 Å². The normalized spacial score (nSPS) is 27.7. The van der Waals surface area contributed by atoms with Crippen molar-refractivity contribution in [3.05, 3.63) is 46.1 Å². The first kappa shape index (κ1) is 22.8. The molecule has 0 radical (unpaired) electrons. The minimum atomic E-state index is -3.03. The second kappa shape index (κ2) is 7.88. The molecule has 12 nitrogen and oxygen atoms in total. The summed E-state index contributed by atoms with van der Waals surface area (Å²) in [6.45, 7) is -0.896. The Morgan fingerprint density at radius 1 is 0.909 bits per heavy atom.